The van der Waals surface area contributed by atoms with Crippen LogP contribution in [0.15, 0.2) is 18.2 Å². The molecule has 1 aromatic rings. The maximum Gasteiger partial charge on any atom is 0.308 e. The van der Waals surface area contributed by atoms with Gasteiger partial charge in [0.1, 0.15) is 0 Å². The molecule has 0 aliphatic carbocycles. The predicted octanol–water partition coefficient (Wildman–Crippen LogP) is 3.15. The zero-order chi connectivity index (χ0) is 16.1. The van der Waals surface area contributed by atoms with Crippen LogP contribution in [0.3, 0.4) is 0 Å². The largest absolute Gasteiger partial charge is 0.504 e. The second-order valence-electron chi connectivity index (χ2n) is 5.94. The molecule has 0 amide bonds. The van der Waals surface area contributed by atoms with Crippen LogP contribution >= 0.6 is 24.8 Å². The number of carbonyl (C=O) groups excluding carboxylic acids is 1. The highest BCUT2D eigenvalue weighted by Crippen LogP contribution is 2.36. The molecule has 2 N–H and O–H groups in total. The predicted molar refractivity (Wildman–Crippen MR) is 101 cm³/mol. The van der Waals surface area contributed by atoms with E-state index in [1.54, 1.807) is 12.1 Å². The maximum absolute atomic E-state index is 11.0. The average molecular weight is 379 g/mol. The molecule has 7 heteroatoms. The zero-order valence-electron chi connectivity index (χ0n) is 14.4. The molecule has 1 aliphatic rings. The highest BCUT2D eigenvalue weighted by atomic mass is 35.5. The standard InChI is InChI=1S/C17H26N2O3.2ClH/c1-4-12(2)17(19-9-7-18-8-10-19)14-5-6-16(15(21)11-14)22-13(3)20;;/h5-6,11-12,17-18,21H,4,7-10H2,1-3H3;2*1H/t12?,17-;;/m0../s1. The fourth-order valence-electron chi connectivity index (χ4n) is 3.04. The lowest BCUT2D eigenvalue weighted by molar-refractivity contribution is -0.132. The number of phenols is 1. The third-order valence-electron chi connectivity index (χ3n) is 4.31. The second-order valence-corrected chi connectivity index (χ2v) is 5.94. The minimum Gasteiger partial charge on any atom is -0.504 e. The Kier molecular flexibility index (Phi) is 10.3. The lowest BCUT2D eigenvalue weighted by Gasteiger charge is -2.38. The molecule has 0 spiro atoms. The van der Waals surface area contributed by atoms with Crippen LogP contribution in [0.4, 0.5) is 0 Å². The van der Waals surface area contributed by atoms with Crippen molar-refractivity contribution in [3.8, 4) is 11.5 Å². The van der Waals surface area contributed by atoms with Gasteiger partial charge in [0.2, 0.25) is 0 Å². The fraction of sp³-hybridized carbons (Fsp3) is 0.588. The Balaban J connectivity index is 0.00000264. The number of halogens is 2. The van der Waals surface area contributed by atoms with Gasteiger partial charge in [-0.15, -0.1) is 24.8 Å². The lowest BCUT2D eigenvalue weighted by atomic mass is 9.90. The van der Waals surface area contributed by atoms with Crippen LogP contribution in [0.2, 0.25) is 0 Å². The Labute approximate surface area is 156 Å². The topological polar surface area (TPSA) is 61.8 Å². The molecule has 1 heterocycles. The summed E-state index contributed by atoms with van der Waals surface area (Å²) >= 11 is 0. The molecule has 2 rings (SSSR count). The first-order valence-corrected chi connectivity index (χ1v) is 7.99. The summed E-state index contributed by atoms with van der Waals surface area (Å²) in [6.07, 6.45) is 1.07. The summed E-state index contributed by atoms with van der Waals surface area (Å²) < 4.78 is 5.00. The second kappa shape index (κ2) is 10.8. The minimum atomic E-state index is -0.427. The van der Waals surface area contributed by atoms with Gasteiger partial charge in [-0.05, 0) is 23.6 Å². The van der Waals surface area contributed by atoms with Gasteiger partial charge in [-0.3, -0.25) is 9.69 Å². The molecule has 0 aromatic heterocycles. The molecular formula is C17H28Cl2N2O3. The number of aromatic hydroxyl groups is 1. The molecule has 138 valence electrons. The number of nitrogens with zero attached hydrogens (tertiary/aromatic N) is 1. The number of phenolic OH excluding ortho intramolecular Hbond substituents is 1. The fourth-order valence-corrected chi connectivity index (χ4v) is 3.04. The van der Waals surface area contributed by atoms with Crippen molar-refractivity contribution < 1.29 is 14.6 Å². The van der Waals surface area contributed by atoms with E-state index in [0.717, 1.165) is 38.2 Å². The van der Waals surface area contributed by atoms with E-state index in [1.807, 2.05) is 6.07 Å². The Hall–Kier alpha value is -1.01. The van der Waals surface area contributed by atoms with E-state index in [2.05, 4.69) is 24.1 Å². The van der Waals surface area contributed by atoms with Gasteiger partial charge in [-0.25, -0.2) is 0 Å². The van der Waals surface area contributed by atoms with Crippen LogP contribution < -0.4 is 10.1 Å². The van der Waals surface area contributed by atoms with Gasteiger partial charge in [0.05, 0.1) is 0 Å². The van der Waals surface area contributed by atoms with E-state index in [9.17, 15) is 9.90 Å². The first-order chi connectivity index (χ1) is 10.5. The lowest BCUT2D eigenvalue weighted by Crippen LogP contribution is -2.46. The van der Waals surface area contributed by atoms with E-state index >= 15 is 0 Å². The van der Waals surface area contributed by atoms with Crippen LogP contribution in [-0.2, 0) is 4.79 Å². The number of rotatable bonds is 5. The molecule has 1 aliphatic heterocycles. The van der Waals surface area contributed by atoms with E-state index in [0.29, 0.717) is 5.92 Å². The van der Waals surface area contributed by atoms with E-state index in [1.165, 1.54) is 6.92 Å². The van der Waals surface area contributed by atoms with Crippen molar-refractivity contribution in [3.05, 3.63) is 23.8 Å². The van der Waals surface area contributed by atoms with E-state index in [-0.39, 0.29) is 42.4 Å². The van der Waals surface area contributed by atoms with Crippen LogP contribution in [0.25, 0.3) is 0 Å². The molecule has 1 fully saturated rings. The molecule has 5 nitrogen and oxygen atoms in total. The third kappa shape index (κ3) is 5.81. The van der Waals surface area contributed by atoms with Crippen LogP contribution in [0.1, 0.15) is 38.8 Å². The smallest absolute Gasteiger partial charge is 0.308 e. The molecule has 0 bridgehead atoms. The molecule has 1 saturated heterocycles. The van der Waals surface area contributed by atoms with Crippen molar-refractivity contribution in [2.45, 2.75) is 33.2 Å². The van der Waals surface area contributed by atoms with Gasteiger partial charge < -0.3 is 15.2 Å². The van der Waals surface area contributed by atoms with Gasteiger partial charge in [0.15, 0.2) is 11.5 Å². The SMILES string of the molecule is CCC(C)[C@@H](c1ccc(OC(C)=O)c(O)c1)N1CCNCC1.Cl.Cl. The van der Waals surface area contributed by atoms with Gasteiger partial charge in [0, 0.05) is 39.1 Å². The highest BCUT2D eigenvalue weighted by Gasteiger charge is 2.27. The molecule has 0 radical (unpaired) electrons. The van der Waals surface area contributed by atoms with Crippen LogP contribution in [0.5, 0.6) is 11.5 Å². The first-order valence-electron chi connectivity index (χ1n) is 7.99. The van der Waals surface area contributed by atoms with E-state index < -0.39 is 5.97 Å². The molecule has 1 aromatic carbocycles. The van der Waals surface area contributed by atoms with Gasteiger partial charge in [0.25, 0.3) is 0 Å². The summed E-state index contributed by atoms with van der Waals surface area (Å²) in [5, 5.41) is 13.5. The molecule has 2 atom stereocenters. The van der Waals surface area contributed by atoms with E-state index in [4.69, 9.17) is 4.74 Å². The molecule has 1 unspecified atom stereocenters. The van der Waals surface area contributed by atoms with Crippen LogP contribution in [-0.4, -0.2) is 42.2 Å². The summed E-state index contributed by atoms with van der Waals surface area (Å²) in [5.74, 6) is 0.302. The number of piperazine rings is 1. The Morgan fingerprint density at radius 2 is 1.96 bits per heavy atom. The Morgan fingerprint density at radius 1 is 1.33 bits per heavy atom. The quantitative estimate of drug-likeness (QED) is 0.608. The van der Waals surface area contributed by atoms with Crippen molar-refractivity contribution in [2.75, 3.05) is 26.2 Å². The molecular weight excluding hydrogens is 351 g/mol. The number of benzene rings is 1. The van der Waals surface area contributed by atoms with Crippen molar-refractivity contribution >= 4 is 30.8 Å². The average Bonchev–Trinajstić information content (AvgIpc) is 2.50. The summed E-state index contributed by atoms with van der Waals surface area (Å²) in [6.45, 7) is 9.74. The highest BCUT2D eigenvalue weighted by molar-refractivity contribution is 5.85. The summed E-state index contributed by atoms with van der Waals surface area (Å²) in [7, 11) is 0. The number of carbonyl (C=O) groups is 1. The Morgan fingerprint density at radius 3 is 2.46 bits per heavy atom. The number of esters is 1. The van der Waals surface area contributed by atoms with Gasteiger partial charge in [-0.2, -0.15) is 0 Å². The summed E-state index contributed by atoms with van der Waals surface area (Å²) in [5.41, 5.74) is 1.07. The molecule has 24 heavy (non-hydrogen) atoms. The summed E-state index contributed by atoms with van der Waals surface area (Å²) in [4.78, 5) is 13.5. The molecule has 0 saturated carbocycles. The number of ether oxygens (including phenoxy) is 1. The minimum absolute atomic E-state index is 0. The number of hydrogen-bond donors (Lipinski definition) is 2. The van der Waals surface area contributed by atoms with Gasteiger partial charge >= 0.3 is 5.97 Å². The number of nitrogens with one attached hydrogen (secondary N) is 1. The third-order valence-corrected chi connectivity index (χ3v) is 4.31. The van der Waals surface area contributed by atoms with Crippen LogP contribution in [0, 0.1) is 5.92 Å². The zero-order valence-corrected chi connectivity index (χ0v) is 16.1. The number of hydrogen-bond acceptors (Lipinski definition) is 5. The van der Waals surface area contributed by atoms with Crippen molar-refractivity contribution in [1.82, 2.24) is 10.2 Å². The normalized spacial score (nSPS) is 17.1. The van der Waals surface area contributed by atoms with Crippen molar-refractivity contribution in [3.63, 3.8) is 0 Å². The first kappa shape index (κ1) is 23.0. The van der Waals surface area contributed by atoms with Gasteiger partial charge in [-0.1, -0.05) is 26.3 Å². The summed E-state index contributed by atoms with van der Waals surface area (Å²) in [6, 6.07) is 5.64. The monoisotopic (exact) mass is 378 g/mol. The van der Waals surface area contributed by atoms with Crippen molar-refractivity contribution in [1.29, 1.82) is 0 Å². The van der Waals surface area contributed by atoms with Crippen molar-refractivity contribution in [2.24, 2.45) is 5.92 Å². The Bertz CT molecular complexity index is 523. The maximum atomic E-state index is 11.0.